The van der Waals surface area contributed by atoms with Crippen LogP contribution >= 0.6 is 23.2 Å². The Morgan fingerprint density at radius 2 is 1.62 bits per heavy atom. The van der Waals surface area contributed by atoms with Crippen molar-refractivity contribution in [2.24, 2.45) is 5.16 Å². The van der Waals surface area contributed by atoms with Crippen LogP contribution in [0.2, 0.25) is 0 Å². The highest BCUT2D eigenvalue weighted by molar-refractivity contribution is 6.55. The minimum absolute atomic E-state index is 0.207. The van der Waals surface area contributed by atoms with Crippen LogP contribution in [0.4, 0.5) is 0 Å². The quantitative estimate of drug-likeness (QED) is 0.140. The Kier molecular flexibility index (Phi) is 14.5. The van der Waals surface area contributed by atoms with Crippen LogP contribution in [-0.2, 0) is 17.6 Å². The molecule has 0 aliphatic carbocycles. The van der Waals surface area contributed by atoms with E-state index in [1.165, 1.54) is 6.21 Å². The fraction of sp³-hybridized carbons (Fsp3) is 0.591. The molecule has 0 fully saturated rings. The van der Waals surface area contributed by atoms with Crippen molar-refractivity contribution in [1.29, 1.82) is 0 Å². The maximum Gasteiger partial charge on any atom is 0.125 e. The summed E-state index contributed by atoms with van der Waals surface area (Å²) < 4.78 is 17.5. The Balaban J connectivity index is 2.39. The second kappa shape index (κ2) is 16.4. The van der Waals surface area contributed by atoms with Crippen molar-refractivity contribution < 1.29 is 19.4 Å². The lowest BCUT2D eigenvalue weighted by molar-refractivity contribution is 0.136. The second-order valence-corrected chi connectivity index (χ2v) is 7.55. The number of hydrogen-bond acceptors (Lipinski definition) is 5. The smallest absolute Gasteiger partial charge is 0.125 e. The van der Waals surface area contributed by atoms with Crippen LogP contribution in [0.25, 0.3) is 0 Å². The van der Waals surface area contributed by atoms with Gasteiger partial charge in [-0.3, -0.25) is 0 Å². The average molecular weight is 446 g/mol. The summed E-state index contributed by atoms with van der Waals surface area (Å²) in [6, 6.07) is 4.06. The van der Waals surface area contributed by atoms with E-state index < -0.39 is 0 Å². The Morgan fingerprint density at radius 3 is 2.21 bits per heavy atom. The molecular weight excluding hydrogens is 413 g/mol. The number of unbranched alkanes of at least 4 members (excludes halogenated alkanes) is 3. The molecule has 0 radical (unpaired) electrons. The molecule has 0 aromatic heterocycles. The van der Waals surface area contributed by atoms with E-state index in [4.69, 9.17) is 42.6 Å². The topological polar surface area (TPSA) is 60.3 Å². The van der Waals surface area contributed by atoms with Crippen LogP contribution in [0.5, 0.6) is 11.5 Å². The predicted molar refractivity (Wildman–Crippen MR) is 120 cm³/mol. The Hall–Kier alpha value is -1.43. The van der Waals surface area contributed by atoms with Crippen molar-refractivity contribution in [3.8, 4) is 11.5 Å². The Labute approximate surface area is 184 Å². The van der Waals surface area contributed by atoms with Crippen LogP contribution in [0.15, 0.2) is 27.9 Å². The standard InChI is InChI=1S/C22H33Cl2NO4/c1-3-18-16-20(28-15-10-21(23)24)17-19(4-2)22(18)29-14-8-6-5-7-12-27-13-9-11-25-26/h10-11,16-17,26H,3-9,12-15H2,1-2H3. The van der Waals surface area contributed by atoms with Crippen LogP contribution in [0.3, 0.4) is 0 Å². The lowest BCUT2D eigenvalue weighted by atomic mass is 10.0. The van der Waals surface area contributed by atoms with Crippen LogP contribution in [-0.4, -0.2) is 37.8 Å². The summed E-state index contributed by atoms with van der Waals surface area (Å²) in [5.41, 5.74) is 2.31. The lowest BCUT2D eigenvalue weighted by Crippen LogP contribution is -2.05. The second-order valence-electron chi connectivity index (χ2n) is 6.54. The fourth-order valence-electron chi connectivity index (χ4n) is 2.85. The summed E-state index contributed by atoms with van der Waals surface area (Å²) in [6.45, 7) is 6.63. The molecule has 0 heterocycles. The molecule has 0 amide bonds. The summed E-state index contributed by atoms with van der Waals surface area (Å²) in [7, 11) is 0. The number of aryl methyl sites for hydroxylation is 2. The number of hydrogen-bond donors (Lipinski definition) is 1. The molecule has 1 N–H and O–H groups in total. The molecule has 1 rings (SSSR count). The molecule has 0 saturated heterocycles. The van der Waals surface area contributed by atoms with Gasteiger partial charge in [-0.15, -0.1) is 5.16 Å². The van der Waals surface area contributed by atoms with E-state index in [0.29, 0.717) is 26.2 Å². The molecule has 0 atom stereocenters. The highest BCUT2D eigenvalue weighted by atomic mass is 35.5. The zero-order valence-corrected chi connectivity index (χ0v) is 19.0. The van der Waals surface area contributed by atoms with E-state index in [1.54, 1.807) is 6.08 Å². The molecule has 164 valence electrons. The van der Waals surface area contributed by atoms with Crippen molar-refractivity contribution in [3.05, 3.63) is 33.8 Å². The first-order chi connectivity index (χ1) is 14.1. The predicted octanol–water partition coefficient (Wildman–Crippen LogP) is 6.32. The molecule has 0 aliphatic rings. The van der Waals surface area contributed by atoms with Gasteiger partial charge in [-0.25, -0.2) is 0 Å². The van der Waals surface area contributed by atoms with Gasteiger partial charge in [0.15, 0.2) is 0 Å². The lowest BCUT2D eigenvalue weighted by Gasteiger charge is -2.17. The number of oxime groups is 1. The van der Waals surface area contributed by atoms with Gasteiger partial charge in [-0.1, -0.05) is 43.5 Å². The third-order valence-corrected chi connectivity index (χ3v) is 4.68. The molecule has 0 aliphatic heterocycles. The number of rotatable bonds is 16. The molecule has 0 unspecified atom stereocenters. The first-order valence-corrected chi connectivity index (χ1v) is 11.0. The van der Waals surface area contributed by atoms with Gasteiger partial charge in [-0.2, -0.15) is 0 Å². The maximum absolute atomic E-state index is 8.29. The SMILES string of the molecule is CCc1cc(OCC=C(Cl)Cl)cc(CC)c1OCCCCCCOCCC=NO. The summed E-state index contributed by atoms with van der Waals surface area (Å²) >= 11 is 11.3. The minimum atomic E-state index is 0.207. The number of ether oxygens (including phenoxy) is 3. The van der Waals surface area contributed by atoms with Gasteiger partial charge in [0, 0.05) is 19.2 Å². The van der Waals surface area contributed by atoms with Crippen molar-refractivity contribution in [2.45, 2.75) is 58.8 Å². The highest BCUT2D eigenvalue weighted by Crippen LogP contribution is 2.31. The average Bonchev–Trinajstić information content (AvgIpc) is 2.71. The van der Waals surface area contributed by atoms with Crippen molar-refractivity contribution in [3.63, 3.8) is 0 Å². The molecule has 29 heavy (non-hydrogen) atoms. The van der Waals surface area contributed by atoms with E-state index in [-0.39, 0.29) is 4.49 Å². The van der Waals surface area contributed by atoms with E-state index in [2.05, 4.69) is 19.0 Å². The number of nitrogens with zero attached hydrogens (tertiary/aromatic N) is 1. The van der Waals surface area contributed by atoms with E-state index in [9.17, 15) is 0 Å². The van der Waals surface area contributed by atoms with Crippen LogP contribution in [0.1, 0.15) is 57.1 Å². The van der Waals surface area contributed by atoms with Crippen LogP contribution < -0.4 is 9.47 Å². The third kappa shape index (κ3) is 11.4. The van der Waals surface area contributed by atoms with Gasteiger partial charge in [0.2, 0.25) is 0 Å². The zero-order chi connectivity index (χ0) is 21.3. The maximum atomic E-state index is 8.29. The molecule has 0 saturated carbocycles. The summed E-state index contributed by atoms with van der Waals surface area (Å²) in [6.07, 6.45) is 9.74. The largest absolute Gasteiger partial charge is 0.493 e. The number of benzene rings is 1. The molecule has 1 aromatic rings. The van der Waals surface area contributed by atoms with E-state index in [0.717, 1.165) is 67.8 Å². The Bertz CT molecular complexity index is 606. The molecular formula is C22H33Cl2NO4. The van der Waals surface area contributed by atoms with Crippen molar-refractivity contribution >= 4 is 29.4 Å². The van der Waals surface area contributed by atoms with Crippen molar-refractivity contribution in [2.75, 3.05) is 26.4 Å². The monoisotopic (exact) mass is 445 g/mol. The first kappa shape index (κ1) is 25.6. The first-order valence-electron chi connectivity index (χ1n) is 10.3. The summed E-state index contributed by atoms with van der Waals surface area (Å²) in [4.78, 5) is 0. The van der Waals surface area contributed by atoms with Crippen molar-refractivity contribution in [1.82, 2.24) is 0 Å². The van der Waals surface area contributed by atoms with Gasteiger partial charge in [-0.05, 0) is 61.4 Å². The van der Waals surface area contributed by atoms with Gasteiger partial charge in [0.05, 0.1) is 13.2 Å². The Morgan fingerprint density at radius 1 is 0.966 bits per heavy atom. The van der Waals surface area contributed by atoms with Gasteiger partial charge in [0.25, 0.3) is 0 Å². The van der Waals surface area contributed by atoms with E-state index in [1.807, 2.05) is 12.1 Å². The third-order valence-electron chi connectivity index (χ3n) is 4.37. The zero-order valence-electron chi connectivity index (χ0n) is 17.5. The molecule has 0 spiro atoms. The van der Waals surface area contributed by atoms with Crippen LogP contribution in [0, 0.1) is 0 Å². The summed E-state index contributed by atoms with van der Waals surface area (Å²) in [5.74, 6) is 1.80. The molecule has 5 nitrogen and oxygen atoms in total. The molecule has 7 heteroatoms. The van der Waals surface area contributed by atoms with Gasteiger partial charge in [0.1, 0.15) is 22.6 Å². The summed E-state index contributed by atoms with van der Waals surface area (Å²) in [5, 5.41) is 11.2. The van der Waals surface area contributed by atoms with Gasteiger partial charge >= 0.3 is 0 Å². The number of halogens is 2. The molecule has 0 bridgehead atoms. The van der Waals surface area contributed by atoms with E-state index >= 15 is 0 Å². The highest BCUT2D eigenvalue weighted by Gasteiger charge is 2.11. The minimum Gasteiger partial charge on any atom is -0.493 e. The molecule has 1 aromatic carbocycles. The fourth-order valence-corrected chi connectivity index (χ4v) is 2.97. The van der Waals surface area contributed by atoms with Gasteiger partial charge < -0.3 is 19.4 Å². The normalized spacial score (nSPS) is 11.0.